The zero-order valence-corrected chi connectivity index (χ0v) is 17.4. The lowest BCUT2D eigenvalue weighted by atomic mass is 10.0. The Morgan fingerprint density at radius 3 is 2.20 bits per heavy atom. The molecular formula is C24H26N4O2. The highest BCUT2D eigenvalue weighted by Gasteiger charge is 2.23. The van der Waals surface area contributed by atoms with Gasteiger partial charge in [0.05, 0.1) is 18.1 Å². The first-order valence-electron chi connectivity index (χ1n) is 9.99. The molecule has 2 aromatic carbocycles. The monoisotopic (exact) mass is 402 g/mol. The first-order valence-corrected chi connectivity index (χ1v) is 9.99. The van der Waals surface area contributed by atoms with Crippen LogP contribution in [0.15, 0.2) is 67.0 Å². The van der Waals surface area contributed by atoms with Crippen LogP contribution in [0, 0.1) is 12.8 Å². The van der Waals surface area contributed by atoms with Gasteiger partial charge < -0.3 is 10.6 Å². The van der Waals surface area contributed by atoms with E-state index in [0.29, 0.717) is 23.5 Å². The predicted octanol–water partition coefficient (Wildman–Crippen LogP) is 4.24. The van der Waals surface area contributed by atoms with Gasteiger partial charge in [0, 0.05) is 11.1 Å². The molecule has 0 saturated heterocycles. The minimum atomic E-state index is -0.661. The molecule has 3 aromatic rings. The molecule has 6 heteroatoms. The van der Waals surface area contributed by atoms with Crippen molar-refractivity contribution < 1.29 is 9.59 Å². The molecule has 0 fully saturated rings. The van der Waals surface area contributed by atoms with Crippen LogP contribution in [0.25, 0.3) is 11.4 Å². The van der Waals surface area contributed by atoms with Gasteiger partial charge in [-0.1, -0.05) is 62.4 Å². The molecule has 2 N–H and O–H groups in total. The number of nitrogens with zero attached hydrogens (tertiary/aromatic N) is 2. The van der Waals surface area contributed by atoms with Gasteiger partial charge in [0.15, 0.2) is 5.82 Å². The second-order valence-electron chi connectivity index (χ2n) is 7.62. The van der Waals surface area contributed by atoms with Gasteiger partial charge in [0.2, 0.25) is 5.91 Å². The zero-order chi connectivity index (χ0) is 21.5. The standard InChI is InChI=1S/C24H26N4O2/c1-16(2)13-21(28-23(29)20-12-8-7-9-17(20)3)24(30)27-19-14-25-22(26-15-19)18-10-5-4-6-11-18/h4-12,14-16,21H,13H2,1-3H3,(H,27,30)(H,28,29). The smallest absolute Gasteiger partial charge is 0.252 e. The van der Waals surface area contributed by atoms with Gasteiger partial charge in [-0.25, -0.2) is 9.97 Å². The fraction of sp³-hybridized carbons (Fsp3) is 0.250. The van der Waals surface area contributed by atoms with Crippen molar-refractivity contribution in [2.75, 3.05) is 5.32 Å². The van der Waals surface area contributed by atoms with Crippen LogP contribution in [0.4, 0.5) is 5.69 Å². The van der Waals surface area contributed by atoms with E-state index in [1.807, 2.05) is 69.3 Å². The highest BCUT2D eigenvalue weighted by atomic mass is 16.2. The average Bonchev–Trinajstić information content (AvgIpc) is 2.74. The largest absolute Gasteiger partial charge is 0.340 e. The van der Waals surface area contributed by atoms with Gasteiger partial charge in [-0.2, -0.15) is 0 Å². The van der Waals surface area contributed by atoms with E-state index < -0.39 is 6.04 Å². The van der Waals surface area contributed by atoms with Gasteiger partial charge in [-0.3, -0.25) is 9.59 Å². The number of aryl methyl sites for hydroxylation is 1. The summed E-state index contributed by atoms with van der Waals surface area (Å²) < 4.78 is 0. The van der Waals surface area contributed by atoms with E-state index in [2.05, 4.69) is 20.6 Å². The summed E-state index contributed by atoms with van der Waals surface area (Å²) in [6.07, 6.45) is 3.66. The van der Waals surface area contributed by atoms with E-state index in [9.17, 15) is 9.59 Å². The third-order valence-corrected chi connectivity index (χ3v) is 4.67. The molecule has 6 nitrogen and oxygen atoms in total. The molecule has 1 atom stereocenters. The summed E-state index contributed by atoms with van der Waals surface area (Å²) in [5.74, 6) is 0.265. The lowest BCUT2D eigenvalue weighted by Gasteiger charge is -2.20. The maximum Gasteiger partial charge on any atom is 0.252 e. The molecule has 1 aromatic heterocycles. The molecule has 154 valence electrons. The lowest BCUT2D eigenvalue weighted by Crippen LogP contribution is -2.44. The first-order chi connectivity index (χ1) is 14.4. The normalized spacial score (nSPS) is 11.7. The highest BCUT2D eigenvalue weighted by Crippen LogP contribution is 2.16. The predicted molar refractivity (Wildman–Crippen MR) is 118 cm³/mol. The van der Waals surface area contributed by atoms with Crippen LogP contribution in [0.3, 0.4) is 0 Å². The number of hydrogen-bond acceptors (Lipinski definition) is 4. The number of nitrogens with one attached hydrogen (secondary N) is 2. The molecule has 0 radical (unpaired) electrons. The third-order valence-electron chi connectivity index (χ3n) is 4.67. The second-order valence-corrected chi connectivity index (χ2v) is 7.62. The summed E-state index contributed by atoms with van der Waals surface area (Å²) in [5, 5.41) is 5.69. The molecule has 0 aliphatic rings. The van der Waals surface area contributed by atoms with Crippen molar-refractivity contribution in [3.8, 4) is 11.4 Å². The van der Waals surface area contributed by atoms with Crippen LogP contribution < -0.4 is 10.6 Å². The van der Waals surface area contributed by atoms with E-state index >= 15 is 0 Å². The van der Waals surface area contributed by atoms with Crippen LogP contribution in [0.1, 0.15) is 36.2 Å². The van der Waals surface area contributed by atoms with Crippen LogP contribution in [-0.2, 0) is 4.79 Å². The molecule has 3 rings (SSSR count). The third kappa shape index (κ3) is 5.50. The molecule has 1 heterocycles. The van der Waals surface area contributed by atoms with Crippen molar-refractivity contribution in [2.24, 2.45) is 5.92 Å². The summed E-state index contributed by atoms with van der Waals surface area (Å²) in [7, 11) is 0. The number of aromatic nitrogens is 2. The lowest BCUT2D eigenvalue weighted by molar-refractivity contribution is -0.118. The van der Waals surface area contributed by atoms with Crippen molar-refractivity contribution in [1.82, 2.24) is 15.3 Å². The summed E-state index contributed by atoms with van der Waals surface area (Å²) >= 11 is 0. The molecule has 0 spiro atoms. The van der Waals surface area contributed by atoms with Crippen molar-refractivity contribution in [2.45, 2.75) is 33.2 Å². The Kier molecular flexibility index (Phi) is 6.91. The molecule has 0 bridgehead atoms. The number of amides is 2. The summed E-state index contributed by atoms with van der Waals surface area (Å²) in [4.78, 5) is 34.2. The molecule has 0 aliphatic heterocycles. The van der Waals surface area contributed by atoms with Crippen molar-refractivity contribution in [3.63, 3.8) is 0 Å². The fourth-order valence-corrected chi connectivity index (χ4v) is 3.12. The van der Waals surface area contributed by atoms with Crippen molar-refractivity contribution >= 4 is 17.5 Å². The Hall–Kier alpha value is -3.54. The van der Waals surface area contributed by atoms with Crippen LogP contribution in [0.2, 0.25) is 0 Å². The van der Waals surface area contributed by atoms with Crippen molar-refractivity contribution in [1.29, 1.82) is 0 Å². The quantitative estimate of drug-likeness (QED) is 0.619. The zero-order valence-electron chi connectivity index (χ0n) is 17.4. The number of hydrogen-bond donors (Lipinski definition) is 2. The molecule has 1 unspecified atom stereocenters. The summed E-state index contributed by atoms with van der Waals surface area (Å²) in [6.45, 7) is 5.90. The van der Waals surface area contributed by atoms with Gasteiger partial charge >= 0.3 is 0 Å². The van der Waals surface area contributed by atoms with E-state index in [1.54, 1.807) is 18.5 Å². The highest BCUT2D eigenvalue weighted by molar-refractivity contribution is 6.01. The maximum absolute atomic E-state index is 12.9. The van der Waals surface area contributed by atoms with Crippen LogP contribution in [0.5, 0.6) is 0 Å². The van der Waals surface area contributed by atoms with Crippen LogP contribution >= 0.6 is 0 Å². The molecule has 2 amide bonds. The Morgan fingerprint density at radius 1 is 0.933 bits per heavy atom. The Bertz CT molecular complexity index is 1000. The van der Waals surface area contributed by atoms with Crippen molar-refractivity contribution in [3.05, 3.63) is 78.1 Å². The van der Waals surface area contributed by atoms with E-state index in [-0.39, 0.29) is 17.7 Å². The summed E-state index contributed by atoms with van der Waals surface area (Å²) in [6, 6.07) is 16.3. The Balaban J connectivity index is 1.71. The second kappa shape index (κ2) is 9.78. The number of carbonyl (C=O) groups is 2. The Labute approximate surface area is 176 Å². The van der Waals surface area contributed by atoms with Gasteiger partial charge in [-0.05, 0) is 30.9 Å². The van der Waals surface area contributed by atoms with Gasteiger partial charge in [0.1, 0.15) is 6.04 Å². The molecular weight excluding hydrogens is 376 g/mol. The minimum Gasteiger partial charge on any atom is -0.340 e. The van der Waals surface area contributed by atoms with E-state index in [0.717, 1.165) is 11.1 Å². The molecule has 30 heavy (non-hydrogen) atoms. The van der Waals surface area contributed by atoms with E-state index in [1.165, 1.54) is 0 Å². The topological polar surface area (TPSA) is 84.0 Å². The number of benzene rings is 2. The molecule has 0 saturated carbocycles. The fourth-order valence-electron chi connectivity index (χ4n) is 3.12. The van der Waals surface area contributed by atoms with E-state index in [4.69, 9.17) is 0 Å². The Morgan fingerprint density at radius 2 is 1.57 bits per heavy atom. The summed E-state index contributed by atoms with van der Waals surface area (Å²) in [5.41, 5.74) is 2.82. The SMILES string of the molecule is Cc1ccccc1C(=O)NC(CC(C)C)C(=O)Nc1cnc(-c2ccccc2)nc1. The van der Waals surface area contributed by atoms with Gasteiger partial charge in [0.25, 0.3) is 5.91 Å². The number of anilines is 1. The minimum absolute atomic E-state index is 0.231. The number of carbonyl (C=O) groups excluding carboxylic acids is 2. The van der Waals surface area contributed by atoms with Crippen LogP contribution in [-0.4, -0.2) is 27.8 Å². The maximum atomic E-state index is 12.9. The van der Waals surface area contributed by atoms with Gasteiger partial charge in [-0.15, -0.1) is 0 Å². The molecule has 0 aliphatic carbocycles. The average molecular weight is 402 g/mol. The first kappa shape index (κ1) is 21.2. The number of rotatable bonds is 7.